The van der Waals surface area contributed by atoms with Crippen molar-refractivity contribution in [1.29, 1.82) is 0 Å². The van der Waals surface area contributed by atoms with E-state index in [4.69, 9.17) is 0 Å². The van der Waals surface area contributed by atoms with Gasteiger partial charge in [-0.1, -0.05) is 38.1 Å². The van der Waals surface area contributed by atoms with E-state index in [1.54, 1.807) is 11.3 Å². The first-order valence-corrected chi connectivity index (χ1v) is 11.9. The summed E-state index contributed by atoms with van der Waals surface area (Å²) in [5.41, 5.74) is 1.50. The first kappa shape index (κ1) is 21.1. The van der Waals surface area contributed by atoms with Crippen LogP contribution in [0.2, 0.25) is 0 Å². The molecule has 1 aromatic heterocycles. The Hall–Kier alpha value is -2.18. The number of hydrogen-bond acceptors (Lipinski definition) is 4. The third kappa shape index (κ3) is 4.30. The van der Waals surface area contributed by atoms with Crippen molar-refractivity contribution in [3.8, 4) is 0 Å². The number of nitrogens with one attached hydrogen (secondary N) is 1. The van der Waals surface area contributed by atoms with E-state index in [0.29, 0.717) is 24.6 Å². The molecule has 5 nitrogen and oxygen atoms in total. The highest BCUT2D eigenvalue weighted by Gasteiger charge is 2.44. The molecule has 0 radical (unpaired) electrons. The monoisotopic (exact) mass is 425 g/mol. The normalized spacial score (nSPS) is 21.8. The predicted molar refractivity (Wildman–Crippen MR) is 121 cm³/mol. The summed E-state index contributed by atoms with van der Waals surface area (Å²) >= 11 is 1.62. The van der Waals surface area contributed by atoms with E-state index in [2.05, 4.69) is 24.1 Å². The molecule has 3 heterocycles. The van der Waals surface area contributed by atoms with Crippen molar-refractivity contribution in [1.82, 2.24) is 15.1 Å². The molecule has 1 N–H and O–H groups in total. The molecule has 2 aliphatic heterocycles. The molecule has 0 bridgehead atoms. The molecule has 1 fully saturated rings. The highest BCUT2D eigenvalue weighted by atomic mass is 32.1. The van der Waals surface area contributed by atoms with Gasteiger partial charge in [-0.3, -0.25) is 9.59 Å². The Morgan fingerprint density at radius 1 is 1.17 bits per heavy atom. The van der Waals surface area contributed by atoms with Gasteiger partial charge in [0.2, 0.25) is 5.91 Å². The maximum Gasteiger partial charge on any atom is 0.254 e. The number of rotatable bonds is 7. The molecule has 2 aliphatic rings. The van der Waals surface area contributed by atoms with E-state index in [1.807, 2.05) is 46.7 Å². The minimum atomic E-state index is -0.394. The van der Waals surface area contributed by atoms with Crippen LogP contribution in [0.25, 0.3) is 0 Å². The number of carbonyl (C=O) groups excluding carboxylic acids is 2. The highest BCUT2D eigenvalue weighted by molar-refractivity contribution is 7.10. The Kier molecular flexibility index (Phi) is 6.54. The standard InChI is InChI=1S/C24H31N3O2S/c1-17(2)16-27-22(20-10-7-15-30-20)21(18-8-3-4-9-19(18)24(27)29)23(28)25-11-14-26-12-5-6-13-26/h3-4,7-10,15,17,21-22H,5-6,11-14,16H2,1-2H3,(H,25,28). The van der Waals surface area contributed by atoms with Crippen LogP contribution in [0, 0.1) is 5.92 Å². The molecule has 2 aromatic rings. The zero-order chi connectivity index (χ0) is 21.1. The van der Waals surface area contributed by atoms with Crippen molar-refractivity contribution in [2.75, 3.05) is 32.7 Å². The molecule has 4 rings (SSSR count). The zero-order valence-electron chi connectivity index (χ0n) is 17.8. The van der Waals surface area contributed by atoms with Crippen LogP contribution in [0.5, 0.6) is 0 Å². The van der Waals surface area contributed by atoms with E-state index in [9.17, 15) is 9.59 Å². The Balaban J connectivity index is 1.65. The molecular weight excluding hydrogens is 394 g/mol. The smallest absolute Gasteiger partial charge is 0.254 e. The van der Waals surface area contributed by atoms with E-state index < -0.39 is 5.92 Å². The fourth-order valence-electron chi connectivity index (χ4n) is 4.70. The van der Waals surface area contributed by atoms with Gasteiger partial charge in [-0.2, -0.15) is 0 Å². The number of benzene rings is 1. The molecule has 2 amide bonds. The van der Waals surface area contributed by atoms with Crippen LogP contribution in [-0.2, 0) is 4.79 Å². The Labute approximate surface area is 183 Å². The SMILES string of the molecule is CC(C)CN1C(=O)c2ccccc2C(C(=O)NCCN2CCCC2)C1c1cccs1. The highest BCUT2D eigenvalue weighted by Crippen LogP contribution is 2.44. The van der Waals surface area contributed by atoms with Crippen LogP contribution in [0.15, 0.2) is 41.8 Å². The molecule has 2 atom stereocenters. The third-order valence-corrected chi connectivity index (χ3v) is 6.99. The third-order valence-electron chi connectivity index (χ3n) is 6.04. The van der Waals surface area contributed by atoms with E-state index in [1.165, 1.54) is 12.8 Å². The number of fused-ring (bicyclic) bond motifs is 1. The van der Waals surface area contributed by atoms with Gasteiger partial charge < -0.3 is 15.1 Å². The first-order chi connectivity index (χ1) is 14.6. The number of likely N-dealkylation sites (tertiary alicyclic amines) is 1. The lowest BCUT2D eigenvalue weighted by Gasteiger charge is -2.42. The van der Waals surface area contributed by atoms with Gasteiger partial charge in [0, 0.05) is 30.1 Å². The molecule has 160 valence electrons. The quantitative estimate of drug-likeness (QED) is 0.732. The summed E-state index contributed by atoms with van der Waals surface area (Å²) in [5, 5.41) is 5.21. The number of thiophene rings is 1. The second-order valence-electron chi connectivity index (χ2n) is 8.72. The van der Waals surface area contributed by atoms with Gasteiger partial charge in [0.05, 0.1) is 12.0 Å². The van der Waals surface area contributed by atoms with Gasteiger partial charge in [-0.25, -0.2) is 0 Å². The van der Waals surface area contributed by atoms with Crippen LogP contribution < -0.4 is 5.32 Å². The molecule has 2 unspecified atom stereocenters. The average Bonchev–Trinajstić information content (AvgIpc) is 3.43. The molecule has 1 aromatic carbocycles. The number of amides is 2. The summed E-state index contributed by atoms with van der Waals surface area (Å²) in [6.07, 6.45) is 2.49. The number of carbonyl (C=O) groups is 2. The van der Waals surface area contributed by atoms with Gasteiger partial charge in [-0.05, 0) is 54.9 Å². The fourth-order valence-corrected chi connectivity index (χ4v) is 5.57. The average molecular weight is 426 g/mol. The van der Waals surface area contributed by atoms with Crippen molar-refractivity contribution >= 4 is 23.2 Å². The molecule has 0 aliphatic carbocycles. The summed E-state index contributed by atoms with van der Waals surface area (Å²) in [5.74, 6) is -0.0319. The van der Waals surface area contributed by atoms with Crippen molar-refractivity contribution in [3.63, 3.8) is 0 Å². The van der Waals surface area contributed by atoms with Gasteiger partial charge in [0.15, 0.2) is 0 Å². The van der Waals surface area contributed by atoms with Crippen LogP contribution in [-0.4, -0.2) is 54.3 Å². The largest absolute Gasteiger partial charge is 0.354 e. The maximum atomic E-state index is 13.5. The first-order valence-electron chi connectivity index (χ1n) is 11.0. The van der Waals surface area contributed by atoms with E-state index in [0.717, 1.165) is 30.1 Å². The van der Waals surface area contributed by atoms with Crippen LogP contribution in [0.1, 0.15) is 59.4 Å². The Bertz CT molecular complexity index is 874. The lowest BCUT2D eigenvalue weighted by molar-refractivity contribution is -0.124. The lowest BCUT2D eigenvalue weighted by Crippen LogP contribution is -2.49. The molecule has 0 saturated carbocycles. The van der Waals surface area contributed by atoms with E-state index >= 15 is 0 Å². The molecule has 0 spiro atoms. The van der Waals surface area contributed by atoms with Crippen molar-refractivity contribution in [2.24, 2.45) is 5.92 Å². The van der Waals surface area contributed by atoms with Gasteiger partial charge >= 0.3 is 0 Å². The van der Waals surface area contributed by atoms with Crippen molar-refractivity contribution < 1.29 is 9.59 Å². The minimum absolute atomic E-state index is 0.0151. The molecular formula is C24H31N3O2S. The summed E-state index contributed by atoms with van der Waals surface area (Å²) in [6, 6.07) is 11.4. The summed E-state index contributed by atoms with van der Waals surface area (Å²) in [6.45, 7) is 8.64. The van der Waals surface area contributed by atoms with Gasteiger partial charge in [0.25, 0.3) is 5.91 Å². The maximum absolute atomic E-state index is 13.5. The molecule has 1 saturated heterocycles. The second kappa shape index (κ2) is 9.31. The van der Waals surface area contributed by atoms with Crippen LogP contribution >= 0.6 is 11.3 Å². The van der Waals surface area contributed by atoms with Crippen molar-refractivity contribution in [3.05, 3.63) is 57.8 Å². The predicted octanol–water partition coefficient (Wildman–Crippen LogP) is 3.90. The number of nitrogens with zero attached hydrogens (tertiary/aromatic N) is 2. The second-order valence-corrected chi connectivity index (χ2v) is 9.70. The van der Waals surface area contributed by atoms with Crippen LogP contribution in [0.4, 0.5) is 0 Å². The lowest BCUT2D eigenvalue weighted by atomic mass is 9.81. The number of hydrogen-bond donors (Lipinski definition) is 1. The van der Waals surface area contributed by atoms with Crippen molar-refractivity contribution in [2.45, 2.75) is 38.6 Å². The minimum Gasteiger partial charge on any atom is -0.354 e. The fraction of sp³-hybridized carbons (Fsp3) is 0.500. The van der Waals surface area contributed by atoms with E-state index in [-0.39, 0.29) is 17.9 Å². The van der Waals surface area contributed by atoms with Gasteiger partial charge in [-0.15, -0.1) is 11.3 Å². The molecule has 6 heteroatoms. The van der Waals surface area contributed by atoms with Crippen LogP contribution in [0.3, 0.4) is 0 Å². The van der Waals surface area contributed by atoms with Gasteiger partial charge in [0.1, 0.15) is 0 Å². The topological polar surface area (TPSA) is 52.7 Å². The summed E-state index contributed by atoms with van der Waals surface area (Å²) < 4.78 is 0. The summed E-state index contributed by atoms with van der Waals surface area (Å²) in [4.78, 5) is 32.3. The zero-order valence-corrected chi connectivity index (χ0v) is 18.7. The Morgan fingerprint density at radius 3 is 2.63 bits per heavy atom. The Morgan fingerprint density at radius 2 is 1.93 bits per heavy atom. The molecule has 30 heavy (non-hydrogen) atoms. The summed E-state index contributed by atoms with van der Waals surface area (Å²) in [7, 11) is 0.